The van der Waals surface area contributed by atoms with E-state index in [1.807, 2.05) is 31.2 Å². The topological polar surface area (TPSA) is 119 Å². The molecule has 1 aromatic heterocycles. The number of nitrogens with two attached hydrogens (primary N) is 1. The summed E-state index contributed by atoms with van der Waals surface area (Å²) in [4.78, 5) is 6.40. The number of aryl methyl sites for hydroxylation is 1. The summed E-state index contributed by atoms with van der Waals surface area (Å²) in [7, 11) is 0. The first-order valence-electron chi connectivity index (χ1n) is 8.62. The molecular formula is C18H20N8. The van der Waals surface area contributed by atoms with Crippen LogP contribution in [-0.4, -0.2) is 22.6 Å². The number of hydrogen-bond acceptors (Lipinski definition) is 7. The molecule has 3 rings (SSSR count). The molecule has 26 heavy (non-hydrogen) atoms. The first-order valence-corrected chi connectivity index (χ1v) is 8.62. The van der Waals surface area contributed by atoms with Gasteiger partial charge in [0.1, 0.15) is 17.8 Å². The molecule has 1 aliphatic rings. The van der Waals surface area contributed by atoms with Gasteiger partial charge in [0.2, 0.25) is 0 Å². The van der Waals surface area contributed by atoms with E-state index >= 15 is 0 Å². The Morgan fingerprint density at radius 1 is 1.19 bits per heavy atom. The van der Waals surface area contributed by atoms with Gasteiger partial charge in [-0.3, -0.25) is 4.57 Å². The Morgan fingerprint density at radius 3 is 2.65 bits per heavy atom. The Labute approximate surface area is 152 Å². The normalized spacial score (nSPS) is 13.5. The van der Waals surface area contributed by atoms with Crippen molar-refractivity contribution in [1.29, 1.82) is 10.5 Å². The van der Waals surface area contributed by atoms with Crippen LogP contribution in [0.15, 0.2) is 22.4 Å². The largest absolute Gasteiger partial charge is 0.397 e. The zero-order valence-electron chi connectivity index (χ0n) is 14.9. The zero-order chi connectivity index (χ0) is 18.7. The highest BCUT2D eigenvalue weighted by Gasteiger charge is 2.18. The minimum absolute atomic E-state index is 0.0558. The first kappa shape index (κ1) is 17.4. The summed E-state index contributed by atoms with van der Waals surface area (Å²) in [5.74, 6) is 0.230. The highest BCUT2D eigenvalue weighted by molar-refractivity contribution is 5.73. The lowest BCUT2D eigenvalue weighted by atomic mass is 10.0. The van der Waals surface area contributed by atoms with Gasteiger partial charge in [-0.1, -0.05) is 0 Å². The number of hydrogen-bond donors (Lipinski definition) is 1. The van der Waals surface area contributed by atoms with Gasteiger partial charge in [-0.05, 0) is 44.4 Å². The average molecular weight is 348 g/mol. The SMILES string of the molecule is CCN1CCCc2cc(N=Nc3nc(C#N)c(C#N)n3CC)c(N)cc21. The average Bonchev–Trinajstić information content (AvgIpc) is 3.02. The number of nitrogens with zero attached hydrogens (tertiary/aromatic N) is 7. The predicted molar refractivity (Wildman–Crippen MR) is 98.6 cm³/mol. The van der Waals surface area contributed by atoms with Crippen molar-refractivity contribution in [3.8, 4) is 12.1 Å². The molecule has 0 bridgehead atoms. The number of rotatable bonds is 4. The number of nitriles is 2. The number of nitrogen functional groups attached to an aromatic ring is 1. The molecule has 0 saturated heterocycles. The fraction of sp³-hybridized carbons (Fsp3) is 0.389. The third kappa shape index (κ3) is 2.98. The van der Waals surface area contributed by atoms with E-state index < -0.39 is 0 Å². The number of fused-ring (bicyclic) bond motifs is 1. The molecule has 8 heteroatoms. The van der Waals surface area contributed by atoms with Crippen LogP contribution in [0.25, 0.3) is 0 Å². The molecule has 132 valence electrons. The summed E-state index contributed by atoms with van der Waals surface area (Å²) in [5.41, 5.74) is 9.90. The molecule has 0 aliphatic carbocycles. The lowest BCUT2D eigenvalue weighted by Gasteiger charge is -2.30. The highest BCUT2D eigenvalue weighted by atomic mass is 15.3. The van der Waals surface area contributed by atoms with E-state index in [-0.39, 0.29) is 17.3 Å². The van der Waals surface area contributed by atoms with Gasteiger partial charge in [0.15, 0.2) is 11.4 Å². The van der Waals surface area contributed by atoms with Crippen molar-refractivity contribution in [3.63, 3.8) is 0 Å². The Hall–Kier alpha value is -3.39. The fourth-order valence-corrected chi connectivity index (χ4v) is 3.23. The molecular weight excluding hydrogens is 328 g/mol. The van der Waals surface area contributed by atoms with Crippen LogP contribution in [0, 0.1) is 22.7 Å². The van der Waals surface area contributed by atoms with Crippen LogP contribution in [0.4, 0.5) is 23.0 Å². The lowest BCUT2D eigenvalue weighted by molar-refractivity contribution is 0.708. The minimum atomic E-state index is 0.0558. The summed E-state index contributed by atoms with van der Waals surface area (Å²) in [6.45, 7) is 6.43. The Kier molecular flexibility index (Phi) is 4.85. The molecule has 1 aromatic carbocycles. The van der Waals surface area contributed by atoms with Crippen molar-refractivity contribution in [3.05, 3.63) is 29.1 Å². The molecule has 2 N–H and O–H groups in total. The molecule has 2 aromatic rings. The maximum absolute atomic E-state index is 9.23. The second-order valence-electron chi connectivity index (χ2n) is 6.00. The van der Waals surface area contributed by atoms with E-state index in [0.29, 0.717) is 17.9 Å². The van der Waals surface area contributed by atoms with Gasteiger partial charge in [0.25, 0.3) is 5.95 Å². The van der Waals surface area contributed by atoms with Crippen molar-refractivity contribution < 1.29 is 0 Å². The van der Waals surface area contributed by atoms with Crippen molar-refractivity contribution in [2.45, 2.75) is 33.2 Å². The number of azo groups is 1. The Bertz CT molecular complexity index is 942. The molecule has 0 spiro atoms. The molecule has 0 unspecified atom stereocenters. The maximum atomic E-state index is 9.23. The van der Waals surface area contributed by atoms with Crippen molar-refractivity contribution in [2.75, 3.05) is 23.7 Å². The van der Waals surface area contributed by atoms with Crippen molar-refractivity contribution in [1.82, 2.24) is 9.55 Å². The second-order valence-corrected chi connectivity index (χ2v) is 6.00. The van der Waals surface area contributed by atoms with E-state index in [0.717, 1.165) is 31.6 Å². The van der Waals surface area contributed by atoms with Gasteiger partial charge in [-0.2, -0.15) is 15.5 Å². The second kappa shape index (κ2) is 7.24. The number of benzene rings is 1. The van der Waals surface area contributed by atoms with Crippen LogP contribution in [0.1, 0.15) is 37.2 Å². The maximum Gasteiger partial charge on any atom is 0.251 e. The third-order valence-electron chi connectivity index (χ3n) is 4.55. The van der Waals surface area contributed by atoms with E-state index in [9.17, 15) is 5.26 Å². The lowest BCUT2D eigenvalue weighted by Crippen LogP contribution is -2.28. The molecule has 0 saturated carbocycles. The smallest absolute Gasteiger partial charge is 0.251 e. The van der Waals surface area contributed by atoms with Gasteiger partial charge in [0, 0.05) is 25.3 Å². The molecule has 0 atom stereocenters. The van der Waals surface area contributed by atoms with Gasteiger partial charge >= 0.3 is 0 Å². The van der Waals surface area contributed by atoms with Crippen molar-refractivity contribution in [2.24, 2.45) is 10.2 Å². The van der Waals surface area contributed by atoms with E-state index in [1.165, 1.54) is 5.56 Å². The van der Waals surface area contributed by atoms with Gasteiger partial charge in [-0.15, -0.1) is 10.2 Å². The van der Waals surface area contributed by atoms with E-state index in [1.54, 1.807) is 4.57 Å². The quantitative estimate of drug-likeness (QED) is 0.670. The molecule has 0 radical (unpaired) electrons. The van der Waals surface area contributed by atoms with Crippen molar-refractivity contribution >= 4 is 23.0 Å². The van der Waals surface area contributed by atoms with Crippen LogP contribution in [0.5, 0.6) is 0 Å². The monoisotopic (exact) mass is 348 g/mol. The summed E-state index contributed by atoms with van der Waals surface area (Å²) in [6.07, 6.45) is 2.08. The Morgan fingerprint density at radius 2 is 2.00 bits per heavy atom. The molecule has 1 aliphatic heterocycles. The number of aromatic nitrogens is 2. The fourth-order valence-electron chi connectivity index (χ4n) is 3.23. The van der Waals surface area contributed by atoms with Gasteiger partial charge in [0.05, 0.1) is 5.69 Å². The predicted octanol–water partition coefficient (Wildman–Crippen LogP) is 3.42. The van der Waals surface area contributed by atoms with Crippen LogP contribution in [0.3, 0.4) is 0 Å². The molecule has 8 nitrogen and oxygen atoms in total. The van der Waals surface area contributed by atoms with Gasteiger partial charge in [-0.25, -0.2) is 0 Å². The summed E-state index contributed by atoms with van der Waals surface area (Å²) in [5, 5.41) is 26.7. The van der Waals surface area contributed by atoms with Crippen LogP contribution >= 0.6 is 0 Å². The summed E-state index contributed by atoms with van der Waals surface area (Å²) < 4.78 is 1.56. The zero-order valence-corrected chi connectivity index (χ0v) is 14.9. The standard InChI is InChI=1S/C18H20N8/c1-3-25-7-5-6-12-8-14(13(21)9-16(12)25)23-24-18-22-15(10-19)17(11-20)26(18)4-2/h8-9H,3-7,21H2,1-2H3. The highest BCUT2D eigenvalue weighted by Crippen LogP contribution is 2.36. The molecule has 0 amide bonds. The minimum Gasteiger partial charge on any atom is -0.397 e. The van der Waals surface area contributed by atoms with Crippen LogP contribution in [0.2, 0.25) is 0 Å². The van der Waals surface area contributed by atoms with E-state index in [4.69, 9.17) is 11.0 Å². The summed E-state index contributed by atoms with van der Waals surface area (Å²) in [6, 6.07) is 7.82. The number of imidazole rings is 1. The third-order valence-corrected chi connectivity index (χ3v) is 4.55. The van der Waals surface area contributed by atoms with Gasteiger partial charge < -0.3 is 10.6 Å². The van der Waals surface area contributed by atoms with Crippen LogP contribution < -0.4 is 10.6 Å². The number of anilines is 2. The summed E-state index contributed by atoms with van der Waals surface area (Å²) >= 11 is 0. The Balaban J connectivity index is 1.99. The molecule has 2 heterocycles. The first-order chi connectivity index (χ1) is 12.6. The van der Waals surface area contributed by atoms with Crippen LogP contribution in [-0.2, 0) is 13.0 Å². The molecule has 0 fully saturated rings. The van der Waals surface area contributed by atoms with E-state index in [2.05, 4.69) is 27.0 Å².